The van der Waals surface area contributed by atoms with Crippen molar-refractivity contribution in [1.82, 2.24) is 24.9 Å². The molecular formula is C16H23N5O. The maximum Gasteiger partial charge on any atom is 0.224 e. The van der Waals surface area contributed by atoms with E-state index in [-0.39, 0.29) is 11.9 Å². The summed E-state index contributed by atoms with van der Waals surface area (Å²) in [7, 11) is 0. The fraction of sp³-hybridized carbons (Fsp3) is 0.562. The Hall–Kier alpha value is -2.11. The second-order valence-electron chi connectivity index (χ2n) is 6.01. The molecule has 0 saturated carbocycles. The van der Waals surface area contributed by atoms with E-state index in [0.717, 1.165) is 42.8 Å². The van der Waals surface area contributed by atoms with E-state index >= 15 is 0 Å². The van der Waals surface area contributed by atoms with Crippen molar-refractivity contribution >= 4 is 5.91 Å². The molecule has 2 aromatic rings. The first kappa shape index (κ1) is 14.8. The summed E-state index contributed by atoms with van der Waals surface area (Å²) in [6.45, 7) is 5.53. The van der Waals surface area contributed by atoms with Crippen molar-refractivity contribution in [1.29, 1.82) is 0 Å². The van der Waals surface area contributed by atoms with E-state index in [0.29, 0.717) is 13.0 Å². The van der Waals surface area contributed by atoms with Gasteiger partial charge in [-0.3, -0.25) is 14.6 Å². The number of aryl methyl sites for hydroxylation is 3. The normalized spacial score (nSPS) is 18.6. The lowest BCUT2D eigenvalue weighted by atomic mass is 9.97. The summed E-state index contributed by atoms with van der Waals surface area (Å²) in [5, 5.41) is 11.4. The van der Waals surface area contributed by atoms with Crippen LogP contribution < -0.4 is 0 Å². The van der Waals surface area contributed by atoms with Gasteiger partial charge in [0.1, 0.15) is 0 Å². The lowest BCUT2D eigenvalue weighted by Gasteiger charge is -2.35. The van der Waals surface area contributed by atoms with Gasteiger partial charge in [0.05, 0.1) is 17.9 Å². The third kappa shape index (κ3) is 2.91. The van der Waals surface area contributed by atoms with Crippen molar-refractivity contribution in [2.24, 2.45) is 0 Å². The van der Waals surface area contributed by atoms with Crippen LogP contribution >= 0.6 is 0 Å². The summed E-state index contributed by atoms with van der Waals surface area (Å²) < 4.78 is 1.89. The molecule has 0 aliphatic carbocycles. The molecule has 6 heteroatoms. The van der Waals surface area contributed by atoms with Crippen molar-refractivity contribution in [2.75, 3.05) is 6.54 Å². The number of aromatic amines is 1. The number of aromatic nitrogens is 4. The molecule has 0 aromatic carbocycles. The molecule has 1 aliphatic heterocycles. The second-order valence-corrected chi connectivity index (χ2v) is 6.01. The number of piperidine rings is 1. The van der Waals surface area contributed by atoms with Gasteiger partial charge in [0, 0.05) is 31.4 Å². The Bertz CT molecular complexity index is 645. The first-order valence-electron chi connectivity index (χ1n) is 7.94. The molecule has 1 amide bonds. The molecule has 1 N–H and O–H groups in total. The van der Waals surface area contributed by atoms with Gasteiger partial charge in [-0.25, -0.2) is 0 Å². The molecule has 3 heterocycles. The molecule has 118 valence electrons. The molecule has 0 spiro atoms. The number of hydrogen-bond donors (Lipinski definition) is 1. The van der Waals surface area contributed by atoms with E-state index in [1.807, 2.05) is 35.7 Å². The van der Waals surface area contributed by atoms with Crippen molar-refractivity contribution in [3.8, 4) is 0 Å². The Kier molecular flexibility index (Phi) is 4.27. The van der Waals surface area contributed by atoms with Gasteiger partial charge in [0.15, 0.2) is 0 Å². The van der Waals surface area contributed by atoms with Crippen LogP contribution in [0.2, 0.25) is 0 Å². The number of carbonyl (C=O) groups is 1. The third-order valence-electron chi connectivity index (χ3n) is 4.49. The molecule has 1 aliphatic rings. The summed E-state index contributed by atoms with van der Waals surface area (Å²) >= 11 is 0. The Morgan fingerprint density at radius 3 is 2.95 bits per heavy atom. The lowest BCUT2D eigenvalue weighted by molar-refractivity contribution is -0.135. The summed E-state index contributed by atoms with van der Waals surface area (Å²) in [5.74, 6) is 0.202. The fourth-order valence-electron chi connectivity index (χ4n) is 3.20. The standard InChI is InChI=1S/C16H23N5O/c1-12-11-17-19-16(12)14-5-3-4-9-20(14)15(22)7-10-21-13(2)6-8-18-21/h6,8,11,14H,3-5,7,9-10H2,1-2H3,(H,17,19)/t14-/m0/s1. The monoisotopic (exact) mass is 301 g/mol. The Morgan fingerprint density at radius 2 is 2.27 bits per heavy atom. The molecular weight excluding hydrogens is 278 g/mol. The van der Waals surface area contributed by atoms with Crippen LogP contribution in [0.15, 0.2) is 18.5 Å². The van der Waals surface area contributed by atoms with Crippen LogP contribution in [-0.2, 0) is 11.3 Å². The molecule has 1 saturated heterocycles. The summed E-state index contributed by atoms with van der Waals surface area (Å²) in [4.78, 5) is 14.7. The fourth-order valence-corrected chi connectivity index (χ4v) is 3.20. The van der Waals surface area contributed by atoms with Crippen LogP contribution in [0.1, 0.15) is 48.7 Å². The molecule has 6 nitrogen and oxygen atoms in total. The van der Waals surface area contributed by atoms with Gasteiger partial charge >= 0.3 is 0 Å². The minimum absolute atomic E-state index is 0.141. The lowest BCUT2D eigenvalue weighted by Crippen LogP contribution is -2.39. The topological polar surface area (TPSA) is 66.8 Å². The highest BCUT2D eigenvalue weighted by atomic mass is 16.2. The van der Waals surface area contributed by atoms with Crippen molar-refractivity contribution in [3.05, 3.63) is 35.4 Å². The Balaban J connectivity index is 1.69. The quantitative estimate of drug-likeness (QED) is 0.942. The molecule has 0 radical (unpaired) electrons. The van der Waals surface area contributed by atoms with Crippen LogP contribution in [0, 0.1) is 13.8 Å². The minimum Gasteiger partial charge on any atom is -0.334 e. The van der Waals surface area contributed by atoms with Gasteiger partial charge in [-0.05, 0) is 44.7 Å². The van der Waals surface area contributed by atoms with E-state index in [1.54, 1.807) is 6.20 Å². The summed E-state index contributed by atoms with van der Waals surface area (Å²) in [5.41, 5.74) is 3.31. The predicted octanol–water partition coefficient (Wildman–Crippen LogP) is 2.37. The zero-order chi connectivity index (χ0) is 15.5. The average Bonchev–Trinajstić information content (AvgIpc) is 3.13. The van der Waals surface area contributed by atoms with E-state index < -0.39 is 0 Å². The average molecular weight is 301 g/mol. The van der Waals surface area contributed by atoms with Gasteiger partial charge in [0.2, 0.25) is 5.91 Å². The maximum atomic E-state index is 12.7. The summed E-state index contributed by atoms with van der Waals surface area (Å²) in [6.07, 6.45) is 7.35. The first-order chi connectivity index (χ1) is 10.7. The van der Waals surface area contributed by atoms with Gasteiger partial charge in [0.25, 0.3) is 0 Å². The highest BCUT2D eigenvalue weighted by Crippen LogP contribution is 2.31. The second kappa shape index (κ2) is 6.34. The molecule has 22 heavy (non-hydrogen) atoms. The molecule has 1 fully saturated rings. The number of carbonyl (C=O) groups excluding carboxylic acids is 1. The number of amides is 1. The highest BCUT2D eigenvalue weighted by molar-refractivity contribution is 5.76. The van der Waals surface area contributed by atoms with Crippen LogP contribution in [0.4, 0.5) is 0 Å². The Labute approximate surface area is 130 Å². The number of nitrogens with zero attached hydrogens (tertiary/aromatic N) is 4. The van der Waals surface area contributed by atoms with Gasteiger partial charge in [-0.15, -0.1) is 0 Å². The van der Waals surface area contributed by atoms with Crippen molar-refractivity contribution < 1.29 is 4.79 Å². The van der Waals surface area contributed by atoms with Crippen molar-refractivity contribution in [2.45, 2.75) is 52.1 Å². The molecule has 0 unspecified atom stereocenters. The van der Waals surface area contributed by atoms with Crippen LogP contribution in [0.25, 0.3) is 0 Å². The van der Waals surface area contributed by atoms with E-state index in [2.05, 4.69) is 15.3 Å². The smallest absolute Gasteiger partial charge is 0.224 e. The first-order valence-corrected chi connectivity index (χ1v) is 7.94. The van der Waals surface area contributed by atoms with E-state index in [1.165, 1.54) is 0 Å². The van der Waals surface area contributed by atoms with Crippen LogP contribution in [0.3, 0.4) is 0 Å². The third-order valence-corrected chi connectivity index (χ3v) is 4.49. The van der Waals surface area contributed by atoms with Crippen molar-refractivity contribution in [3.63, 3.8) is 0 Å². The van der Waals surface area contributed by atoms with Gasteiger partial charge in [-0.1, -0.05) is 0 Å². The predicted molar refractivity (Wildman–Crippen MR) is 83.2 cm³/mol. The SMILES string of the molecule is Cc1cn[nH]c1[C@@H]1CCCCN1C(=O)CCn1nccc1C. The van der Waals surface area contributed by atoms with Crippen LogP contribution in [-0.4, -0.2) is 37.3 Å². The molecule has 3 rings (SSSR count). The highest BCUT2D eigenvalue weighted by Gasteiger charge is 2.29. The number of H-pyrrole nitrogens is 1. The minimum atomic E-state index is 0.141. The number of nitrogens with one attached hydrogen (secondary N) is 1. The maximum absolute atomic E-state index is 12.7. The molecule has 0 bridgehead atoms. The van der Waals surface area contributed by atoms with E-state index in [9.17, 15) is 4.79 Å². The zero-order valence-corrected chi connectivity index (χ0v) is 13.2. The van der Waals surface area contributed by atoms with Gasteiger partial charge < -0.3 is 4.90 Å². The summed E-state index contributed by atoms with van der Waals surface area (Å²) in [6, 6.07) is 2.10. The van der Waals surface area contributed by atoms with Gasteiger partial charge in [-0.2, -0.15) is 10.2 Å². The number of hydrogen-bond acceptors (Lipinski definition) is 3. The Morgan fingerprint density at radius 1 is 1.41 bits per heavy atom. The largest absolute Gasteiger partial charge is 0.334 e. The number of likely N-dealkylation sites (tertiary alicyclic amines) is 1. The van der Waals surface area contributed by atoms with Crippen LogP contribution in [0.5, 0.6) is 0 Å². The zero-order valence-electron chi connectivity index (χ0n) is 13.2. The molecule has 2 aromatic heterocycles. The van der Waals surface area contributed by atoms with E-state index in [4.69, 9.17) is 0 Å². The molecule has 1 atom stereocenters. The number of rotatable bonds is 4.